The molecule has 0 unspecified atom stereocenters. The number of aromatic carboxylic acids is 1. The average molecular weight is 372 g/mol. The lowest BCUT2D eigenvalue weighted by atomic mass is 9.98. The molecule has 1 saturated carbocycles. The van der Waals surface area contributed by atoms with Crippen LogP contribution in [0.25, 0.3) is 0 Å². The first-order valence-electron chi connectivity index (χ1n) is 9.32. The minimum atomic E-state index is -1.10. The Morgan fingerprint density at radius 2 is 2.07 bits per heavy atom. The molecule has 2 aromatic rings. The van der Waals surface area contributed by atoms with Crippen LogP contribution in [0.2, 0.25) is 0 Å². The lowest BCUT2D eigenvalue weighted by molar-refractivity contribution is 0.0694. The number of amides is 1. The Morgan fingerprint density at radius 1 is 1.30 bits per heavy atom. The van der Waals surface area contributed by atoms with Crippen molar-refractivity contribution >= 4 is 11.9 Å². The number of carboxylic acids is 1. The van der Waals surface area contributed by atoms with Gasteiger partial charge in [0.15, 0.2) is 5.76 Å². The second-order valence-corrected chi connectivity index (χ2v) is 6.67. The van der Waals surface area contributed by atoms with Gasteiger partial charge >= 0.3 is 5.97 Å². The topological polar surface area (TPSA) is 102 Å². The van der Waals surface area contributed by atoms with Gasteiger partial charge in [-0.3, -0.25) is 4.79 Å². The summed E-state index contributed by atoms with van der Waals surface area (Å²) in [5.74, 6) is -0.707. The van der Waals surface area contributed by atoms with E-state index in [9.17, 15) is 9.59 Å². The van der Waals surface area contributed by atoms with Gasteiger partial charge in [0.05, 0.1) is 0 Å². The van der Waals surface area contributed by atoms with E-state index in [-0.39, 0.29) is 24.0 Å². The number of nitrogens with one attached hydrogen (secondary N) is 1. The number of aromatic nitrogens is 1. The number of hydrogen-bond acceptors (Lipinski definition) is 5. The van der Waals surface area contributed by atoms with E-state index in [0.29, 0.717) is 18.1 Å². The fourth-order valence-corrected chi connectivity index (χ4v) is 3.23. The zero-order valence-electron chi connectivity index (χ0n) is 15.4. The monoisotopic (exact) mass is 372 g/mol. The van der Waals surface area contributed by atoms with Gasteiger partial charge < -0.3 is 19.6 Å². The zero-order valence-corrected chi connectivity index (χ0v) is 15.4. The maximum absolute atomic E-state index is 12.3. The Balaban J connectivity index is 1.60. The van der Waals surface area contributed by atoms with Crippen LogP contribution in [0.15, 0.2) is 28.8 Å². The first-order valence-corrected chi connectivity index (χ1v) is 9.32. The predicted molar refractivity (Wildman–Crippen MR) is 98.0 cm³/mol. The summed E-state index contributed by atoms with van der Waals surface area (Å²) in [6.45, 7) is 2.05. The van der Waals surface area contributed by atoms with E-state index in [4.69, 9.17) is 14.3 Å². The van der Waals surface area contributed by atoms with Gasteiger partial charge in [-0.1, -0.05) is 13.3 Å². The maximum Gasteiger partial charge on any atom is 0.339 e. The molecule has 3 rings (SSSR count). The van der Waals surface area contributed by atoms with Crippen LogP contribution in [-0.2, 0) is 13.0 Å². The van der Waals surface area contributed by atoms with Crippen molar-refractivity contribution in [3.63, 3.8) is 0 Å². The summed E-state index contributed by atoms with van der Waals surface area (Å²) in [5.41, 5.74) is 0.875. The minimum absolute atomic E-state index is 0.00279. The molecule has 0 spiro atoms. The van der Waals surface area contributed by atoms with Crippen molar-refractivity contribution < 1.29 is 23.8 Å². The quantitative estimate of drug-likeness (QED) is 0.770. The van der Waals surface area contributed by atoms with Gasteiger partial charge in [0.1, 0.15) is 17.4 Å². The summed E-state index contributed by atoms with van der Waals surface area (Å²) >= 11 is 0. The van der Waals surface area contributed by atoms with Gasteiger partial charge in [-0.2, -0.15) is 0 Å². The first-order chi connectivity index (χ1) is 13.1. The van der Waals surface area contributed by atoms with Crippen molar-refractivity contribution in [3.8, 4) is 5.88 Å². The number of pyridine rings is 1. The molecule has 1 amide bonds. The van der Waals surface area contributed by atoms with E-state index in [0.717, 1.165) is 18.4 Å². The molecular formula is C20H24N2O5. The highest BCUT2D eigenvalue weighted by Crippen LogP contribution is 2.22. The Kier molecular flexibility index (Phi) is 6.11. The Bertz CT molecular complexity index is 808. The van der Waals surface area contributed by atoms with Crippen LogP contribution in [0.5, 0.6) is 5.88 Å². The predicted octanol–water partition coefficient (Wildman–Crippen LogP) is 3.58. The maximum atomic E-state index is 12.3. The molecule has 1 fully saturated rings. The lowest BCUT2D eigenvalue weighted by Crippen LogP contribution is -2.23. The first kappa shape index (κ1) is 18.9. The molecule has 0 aliphatic heterocycles. The number of carboxylic acid groups (broad SMARTS) is 1. The number of rotatable bonds is 7. The van der Waals surface area contributed by atoms with Crippen LogP contribution in [-0.4, -0.2) is 28.1 Å². The van der Waals surface area contributed by atoms with Crippen molar-refractivity contribution in [1.29, 1.82) is 0 Å². The van der Waals surface area contributed by atoms with Gasteiger partial charge in [-0.05, 0) is 37.3 Å². The normalized spacial score (nSPS) is 14.7. The van der Waals surface area contributed by atoms with Crippen molar-refractivity contribution in [2.45, 2.75) is 58.1 Å². The van der Waals surface area contributed by atoms with Crippen LogP contribution in [0.1, 0.15) is 71.3 Å². The molecule has 7 heteroatoms. The van der Waals surface area contributed by atoms with E-state index in [1.165, 1.54) is 25.3 Å². The molecule has 0 saturated heterocycles. The molecule has 2 aromatic heterocycles. The molecule has 0 aromatic carbocycles. The van der Waals surface area contributed by atoms with Crippen LogP contribution in [0, 0.1) is 0 Å². The highest BCUT2D eigenvalue weighted by atomic mass is 16.5. The summed E-state index contributed by atoms with van der Waals surface area (Å²) in [6.07, 6.45) is 7.99. The average Bonchev–Trinajstić information content (AvgIpc) is 3.12. The summed E-state index contributed by atoms with van der Waals surface area (Å²) in [6, 6.07) is 4.88. The van der Waals surface area contributed by atoms with Crippen molar-refractivity contribution in [2.24, 2.45) is 0 Å². The van der Waals surface area contributed by atoms with E-state index >= 15 is 0 Å². The van der Waals surface area contributed by atoms with E-state index in [1.807, 2.05) is 6.07 Å². The second-order valence-electron chi connectivity index (χ2n) is 6.67. The number of aryl methyl sites for hydroxylation is 1. The second kappa shape index (κ2) is 8.70. The molecule has 0 bridgehead atoms. The smallest absolute Gasteiger partial charge is 0.339 e. The van der Waals surface area contributed by atoms with Crippen molar-refractivity contribution in [1.82, 2.24) is 10.3 Å². The van der Waals surface area contributed by atoms with Crippen LogP contribution < -0.4 is 10.1 Å². The Hall–Kier alpha value is -2.83. The van der Waals surface area contributed by atoms with E-state index < -0.39 is 11.9 Å². The van der Waals surface area contributed by atoms with E-state index in [2.05, 4.69) is 10.3 Å². The fourth-order valence-electron chi connectivity index (χ4n) is 3.23. The van der Waals surface area contributed by atoms with Crippen LogP contribution >= 0.6 is 0 Å². The molecule has 2 N–H and O–H groups in total. The van der Waals surface area contributed by atoms with Crippen LogP contribution in [0.4, 0.5) is 0 Å². The standard InChI is InChI=1S/C20H24N2O5/c1-2-16-15(20(24)25)11-17(27-16)19(23)22-12-13-8-9-21-18(10-13)26-14-6-4-3-5-7-14/h8-11,14H,2-7,12H2,1H3,(H,22,23)(H,24,25). The van der Waals surface area contributed by atoms with E-state index in [1.54, 1.807) is 19.2 Å². The molecule has 0 atom stereocenters. The molecule has 144 valence electrons. The largest absolute Gasteiger partial charge is 0.478 e. The lowest BCUT2D eigenvalue weighted by Gasteiger charge is -2.22. The number of ether oxygens (including phenoxy) is 1. The molecule has 1 aliphatic carbocycles. The molecule has 0 radical (unpaired) electrons. The van der Waals surface area contributed by atoms with Gasteiger partial charge in [0.2, 0.25) is 5.88 Å². The number of carbonyl (C=O) groups is 2. The molecule has 7 nitrogen and oxygen atoms in total. The summed E-state index contributed by atoms with van der Waals surface area (Å²) in [4.78, 5) is 27.7. The third-order valence-electron chi connectivity index (χ3n) is 4.68. The third-order valence-corrected chi connectivity index (χ3v) is 4.68. The number of carbonyl (C=O) groups excluding carboxylic acids is 1. The Labute approximate surface area is 157 Å². The minimum Gasteiger partial charge on any atom is -0.478 e. The number of hydrogen-bond donors (Lipinski definition) is 2. The number of nitrogens with zero attached hydrogens (tertiary/aromatic N) is 1. The highest BCUT2D eigenvalue weighted by Gasteiger charge is 2.20. The van der Waals surface area contributed by atoms with Crippen LogP contribution in [0.3, 0.4) is 0 Å². The Morgan fingerprint density at radius 3 is 2.74 bits per heavy atom. The highest BCUT2D eigenvalue weighted by molar-refractivity contribution is 5.96. The summed E-state index contributed by atoms with van der Waals surface area (Å²) in [5, 5.41) is 11.9. The summed E-state index contributed by atoms with van der Waals surface area (Å²) < 4.78 is 11.3. The van der Waals surface area contributed by atoms with Crippen molar-refractivity contribution in [3.05, 3.63) is 47.0 Å². The zero-order chi connectivity index (χ0) is 19.2. The fraction of sp³-hybridized carbons (Fsp3) is 0.450. The molecular weight excluding hydrogens is 348 g/mol. The SMILES string of the molecule is CCc1oc(C(=O)NCc2ccnc(OC3CCCCC3)c2)cc1C(=O)O. The molecule has 2 heterocycles. The van der Waals surface area contributed by atoms with Gasteiger partial charge in [0, 0.05) is 31.3 Å². The number of furan rings is 1. The summed E-state index contributed by atoms with van der Waals surface area (Å²) in [7, 11) is 0. The van der Waals surface area contributed by atoms with Gasteiger partial charge in [-0.15, -0.1) is 0 Å². The molecule has 27 heavy (non-hydrogen) atoms. The van der Waals surface area contributed by atoms with Gasteiger partial charge in [0.25, 0.3) is 5.91 Å². The van der Waals surface area contributed by atoms with Crippen molar-refractivity contribution in [2.75, 3.05) is 0 Å². The third kappa shape index (κ3) is 4.87. The van der Waals surface area contributed by atoms with Gasteiger partial charge in [-0.25, -0.2) is 9.78 Å². The molecule has 1 aliphatic rings.